The number of amides is 1. The maximum Gasteiger partial charge on any atom is 0.237 e. The van der Waals surface area contributed by atoms with Crippen LogP contribution in [0.4, 0.5) is 0 Å². The van der Waals surface area contributed by atoms with E-state index in [-0.39, 0.29) is 11.9 Å². The summed E-state index contributed by atoms with van der Waals surface area (Å²) in [6, 6.07) is 7.73. The molecule has 1 amide bonds. The molecule has 0 spiro atoms. The number of nitrogens with zero attached hydrogens (tertiary/aromatic N) is 2. The number of aromatic nitrogens is 1. The fraction of sp³-hybridized carbons (Fsp3) is 0.429. The normalized spacial score (nSPS) is 17.2. The van der Waals surface area contributed by atoms with E-state index in [1.807, 2.05) is 24.3 Å². The number of nitrogens with one attached hydrogen (secondary N) is 1. The Bertz CT molecular complexity index is 801. The van der Waals surface area contributed by atoms with Gasteiger partial charge < -0.3 is 14.8 Å². The van der Waals surface area contributed by atoms with Gasteiger partial charge in [0.15, 0.2) is 11.5 Å². The first kappa shape index (κ1) is 20.6. The molecule has 1 aliphatic heterocycles. The van der Waals surface area contributed by atoms with Gasteiger partial charge in [0, 0.05) is 25.5 Å². The minimum Gasteiger partial charge on any atom is -0.493 e. The minimum atomic E-state index is -0.106. The third-order valence-corrected chi connectivity index (χ3v) is 5.60. The van der Waals surface area contributed by atoms with Crippen molar-refractivity contribution >= 4 is 21.8 Å². The summed E-state index contributed by atoms with van der Waals surface area (Å²) in [4.78, 5) is 19.2. The van der Waals surface area contributed by atoms with Crippen LogP contribution in [0.25, 0.3) is 0 Å². The van der Waals surface area contributed by atoms with Gasteiger partial charge in [-0.1, -0.05) is 6.42 Å². The summed E-state index contributed by atoms with van der Waals surface area (Å²) < 4.78 is 11.5. The summed E-state index contributed by atoms with van der Waals surface area (Å²) in [6.45, 7) is 2.14. The van der Waals surface area contributed by atoms with E-state index in [4.69, 9.17) is 9.47 Å². The Morgan fingerprint density at radius 2 is 2.00 bits per heavy atom. The van der Waals surface area contributed by atoms with Crippen LogP contribution in [-0.2, 0) is 17.9 Å². The molecule has 1 aliphatic rings. The zero-order valence-electron chi connectivity index (χ0n) is 16.3. The van der Waals surface area contributed by atoms with Crippen LogP contribution in [0.5, 0.6) is 11.5 Å². The van der Waals surface area contributed by atoms with Gasteiger partial charge in [0.2, 0.25) is 5.91 Å². The van der Waals surface area contributed by atoms with E-state index in [1.54, 1.807) is 26.6 Å². The number of hydrogen-bond acceptors (Lipinski definition) is 5. The minimum absolute atomic E-state index is 0.0691. The van der Waals surface area contributed by atoms with Gasteiger partial charge in [-0.15, -0.1) is 0 Å². The Morgan fingerprint density at radius 3 is 2.71 bits per heavy atom. The fourth-order valence-corrected chi connectivity index (χ4v) is 4.23. The third kappa shape index (κ3) is 5.02. The molecule has 1 fully saturated rings. The molecule has 28 heavy (non-hydrogen) atoms. The lowest BCUT2D eigenvalue weighted by Gasteiger charge is -2.34. The quantitative estimate of drug-likeness (QED) is 0.702. The molecule has 1 saturated heterocycles. The number of halogens is 1. The molecule has 1 atom stereocenters. The van der Waals surface area contributed by atoms with Crippen molar-refractivity contribution in [3.63, 3.8) is 0 Å². The zero-order valence-corrected chi connectivity index (χ0v) is 17.9. The average molecular weight is 448 g/mol. The molecule has 0 aliphatic carbocycles. The van der Waals surface area contributed by atoms with Crippen molar-refractivity contribution in [1.82, 2.24) is 15.2 Å². The second-order valence-electron chi connectivity index (χ2n) is 6.87. The van der Waals surface area contributed by atoms with Crippen LogP contribution in [0.3, 0.4) is 0 Å². The second kappa shape index (κ2) is 9.89. The van der Waals surface area contributed by atoms with Gasteiger partial charge in [-0.3, -0.25) is 14.7 Å². The lowest BCUT2D eigenvalue weighted by molar-refractivity contribution is -0.128. The second-order valence-corrected chi connectivity index (χ2v) is 7.72. The average Bonchev–Trinajstić information content (AvgIpc) is 2.72. The Labute approximate surface area is 174 Å². The fourth-order valence-electron chi connectivity index (χ4n) is 3.58. The van der Waals surface area contributed by atoms with Gasteiger partial charge in [0.25, 0.3) is 0 Å². The van der Waals surface area contributed by atoms with Gasteiger partial charge in [-0.2, -0.15) is 0 Å². The highest BCUT2D eigenvalue weighted by Crippen LogP contribution is 2.36. The number of carbonyl (C=O) groups excluding carboxylic acids is 1. The van der Waals surface area contributed by atoms with Crippen molar-refractivity contribution in [2.45, 2.75) is 38.4 Å². The zero-order chi connectivity index (χ0) is 19.9. The molecule has 0 bridgehead atoms. The topological polar surface area (TPSA) is 63.7 Å². The van der Waals surface area contributed by atoms with Crippen LogP contribution in [-0.4, -0.2) is 42.6 Å². The number of ether oxygens (including phenoxy) is 2. The first-order valence-corrected chi connectivity index (χ1v) is 10.2. The molecule has 1 aromatic carbocycles. The number of likely N-dealkylation sites (tertiary alicyclic amines) is 1. The van der Waals surface area contributed by atoms with Crippen molar-refractivity contribution in [3.05, 3.63) is 52.3 Å². The standard InChI is InChI=1S/C21H26BrN3O3/c1-27-19-12-16(11-17(22)20(19)28-2)13-24-21(26)18-5-3-4-10-25(18)14-15-6-8-23-9-7-15/h6-9,11-12,18H,3-5,10,13-14H2,1-2H3,(H,24,26). The van der Waals surface area contributed by atoms with Crippen molar-refractivity contribution in [2.24, 2.45) is 0 Å². The van der Waals surface area contributed by atoms with Crippen LogP contribution in [0.2, 0.25) is 0 Å². The summed E-state index contributed by atoms with van der Waals surface area (Å²) in [5.74, 6) is 1.35. The van der Waals surface area contributed by atoms with Crippen molar-refractivity contribution < 1.29 is 14.3 Å². The molecule has 150 valence electrons. The molecule has 3 rings (SSSR count). The van der Waals surface area contributed by atoms with Crippen molar-refractivity contribution in [1.29, 1.82) is 0 Å². The van der Waals surface area contributed by atoms with E-state index in [2.05, 4.69) is 31.1 Å². The SMILES string of the molecule is COc1cc(CNC(=O)C2CCCCN2Cc2ccncc2)cc(Br)c1OC. The lowest BCUT2D eigenvalue weighted by Crippen LogP contribution is -2.48. The predicted octanol–water partition coefficient (Wildman–Crippen LogP) is 3.53. The lowest BCUT2D eigenvalue weighted by atomic mass is 10.0. The van der Waals surface area contributed by atoms with Crippen LogP contribution in [0, 0.1) is 0 Å². The predicted molar refractivity (Wildman–Crippen MR) is 111 cm³/mol. The van der Waals surface area contributed by atoms with E-state index >= 15 is 0 Å². The number of carbonyl (C=O) groups is 1. The largest absolute Gasteiger partial charge is 0.493 e. The Kier molecular flexibility index (Phi) is 7.28. The molecule has 1 aromatic heterocycles. The van der Waals surface area contributed by atoms with Crippen molar-refractivity contribution in [3.8, 4) is 11.5 Å². The summed E-state index contributed by atoms with van der Waals surface area (Å²) in [5.41, 5.74) is 2.13. The van der Waals surface area contributed by atoms with E-state index in [0.29, 0.717) is 18.0 Å². The number of methoxy groups -OCH3 is 2. The molecule has 2 heterocycles. The molecule has 0 radical (unpaired) electrons. The molecular formula is C21H26BrN3O3. The maximum absolute atomic E-state index is 12.9. The molecule has 1 unspecified atom stereocenters. The Balaban J connectivity index is 1.65. The van der Waals surface area contributed by atoms with E-state index in [1.165, 1.54) is 5.56 Å². The number of hydrogen-bond donors (Lipinski definition) is 1. The number of benzene rings is 1. The highest BCUT2D eigenvalue weighted by molar-refractivity contribution is 9.10. The summed E-state index contributed by atoms with van der Waals surface area (Å²) in [7, 11) is 3.20. The Morgan fingerprint density at radius 1 is 1.21 bits per heavy atom. The monoisotopic (exact) mass is 447 g/mol. The summed E-state index contributed by atoms with van der Waals surface area (Å²) >= 11 is 3.50. The van der Waals surface area contributed by atoms with Gasteiger partial charge in [-0.05, 0) is 70.7 Å². The number of piperidine rings is 1. The molecule has 0 saturated carbocycles. The van der Waals surface area contributed by atoms with Gasteiger partial charge >= 0.3 is 0 Å². The first-order valence-electron chi connectivity index (χ1n) is 9.43. The van der Waals surface area contributed by atoms with Crippen LogP contribution >= 0.6 is 15.9 Å². The molecule has 1 N–H and O–H groups in total. The van der Waals surface area contributed by atoms with Crippen LogP contribution < -0.4 is 14.8 Å². The smallest absolute Gasteiger partial charge is 0.237 e. The van der Waals surface area contributed by atoms with Gasteiger partial charge in [0.05, 0.1) is 24.7 Å². The van der Waals surface area contributed by atoms with E-state index in [9.17, 15) is 4.79 Å². The van der Waals surface area contributed by atoms with Gasteiger partial charge in [-0.25, -0.2) is 0 Å². The van der Waals surface area contributed by atoms with Crippen LogP contribution in [0.15, 0.2) is 41.1 Å². The van der Waals surface area contributed by atoms with Crippen LogP contribution in [0.1, 0.15) is 30.4 Å². The van der Waals surface area contributed by atoms with Gasteiger partial charge in [0.1, 0.15) is 0 Å². The van der Waals surface area contributed by atoms with E-state index < -0.39 is 0 Å². The summed E-state index contributed by atoms with van der Waals surface area (Å²) in [5, 5.41) is 3.09. The molecular weight excluding hydrogens is 422 g/mol. The number of pyridine rings is 1. The molecule has 2 aromatic rings. The summed E-state index contributed by atoms with van der Waals surface area (Å²) in [6.07, 6.45) is 6.67. The number of rotatable bonds is 7. The highest BCUT2D eigenvalue weighted by Gasteiger charge is 2.28. The molecule has 7 heteroatoms. The maximum atomic E-state index is 12.9. The van der Waals surface area contributed by atoms with E-state index in [0.717, 1.165) is 42.4 Å². The molecule has 6 nitrogen and oxygen atoms in total. The third-order valence-electron chi connectivity index (χ3n) is 5.01. The Hall–Kier alpha value is -2.12. The first-order chi connectivity index (χ1) is 13.6. The van der Waals surface area contributed by atoms with Crippen molar-refractivity contribution in [2.75, 3.05) is 20.8 Å². The highest BCUT2D eigenvalue weighted by atomic mass is 79.9.